The van der Waals surface area contributed by atoms with E-state index in [-0.39, 0.29) is 0 Å². The Bertz CT molecular complexity index is 2560. The van der Waals surface area contributed by atoms with Gasteiger partial charge in [0, 0.05) is 33.3 Å². The van der Waals surface area contributed by atoms with Crippen LogP contribution in [-0.2, 0) is 0 Å². The summed E-state index contributed by atoms with van der Waals surface area (Å²) in [6.45, 7) is 0. The van der Waals surface area contributed by atoms with Crippen LogP contribution >= 0.6 is 35.0 Å². The van der Waals surface area contributed by atoms with Crippen LogP contribution in [0.1, 0.15) is 0 Å². The van der Waals surface area contributed by atoms with Crippen molar-refractivity contribution in [3.8, 4) is 68.2 Å². The molecule has 0 spiro atoms. The highest BCUT2D eigenvalue weighted by Crippen LogP contribution is 2.45. The zero-order chi connectivity index (χ0) is 40.9. The van der Waals surface area contributed by atoms with Gasteiger partial charge >= 0.3 is 0 Å². The monoisotopic (exact) mass is 834 g/mol. The molecule has 11 heteroatoms. The van der Waals surface area contributed by atoms with Gasteiger partial charge in [0.1, 0.15) is 46.0 Å². The van der Waals surface area contributed by atoms with Crippen molar-refractivity contribution in [2.45, 2.75) is 9.79 Å². The summed E-state index contributed by atoms with van der Waals surface area (Å²) in [5.41, 5.74) is 29.7. The third-order valence-corrected chi connectivity index (χ3v) is 10.9. The number of hydrogen-bond donors (Lipinski definition) is 4. The molecule has 292 valence electrons. The Morgan fingerprint density at radius 3 is 0.966 bits per heavy atom. The summed E-state index contributed by atoms with van der Waals surface area (Å²) in [6, 6.07) is 52.7. The molecule has 0 radical (unpaired) electrons. The van der Waals surface area contributed by atoms with Crippen molar-refractivity contribution in [3.05, 3.63) is 180 Å². The maximum absolute atomic E-state index is 6.33. The molecule has 0 aliphatic rings. The number of anilines is 4. The fraction of sp³-hybridized carbons (Fsp3) is 0. The van der Waals surface area contributed by atoms with Gasteiger partial charge in [0.05, 0.1) is 21.4 Å². The molecule has 0 fully saturated rings. The van der Waals surface area contributed by atoms with Crippen LogP contribution in [0.2, 0.25) is 10.0 Å². The molecule has 0 saturated heterocycles. The molecule has 0 aliphatic heterocycles. The van der Waals surface area contributed by atoms with Gasteiger partial charge in [0.25, 0.3) is 0 Å². The number of nitrogen functional groups attached to an aromatic ring is 4. The predicted octanol–water partition coefficient (Wildman–Crippen LogP) is 14.0. The standard InChI is InChI=1S/C48H36Cl2N4O4S/c49-43-27-39(17-21-45(43)53)57-37-19-23-47(41(25-37)29-1-9-33(10-2-29)55-35-13-5-31(51)6-14-35)59-48-24-20-38(58-40-18-22-46(54)44(50)28-40)26-42(48)30-3-11-34(12-4-30)56-36-15-7-32(52)8-16-36/h1-28H,51-54H2. The van der Waals surface area contributed by atoms with E-state index in [1.807, 2.05) is 109 Å². The molecule has 8 N–H and O–H groups in total. The fourth-order valence-electron chi connectivity index (χ4n) is 6.06. The first-order chi connectivity index (χ1) is 28.6. The highest BCUT2D eigenvalue weighted by atomic mass is 35.5. The molecule has 0 aliphatic carbocycles. The smallest absolute Gasteiger partial charge is 0.129 e. The van der Waals surface area contributed by atoms with Gasteiger partial charge in [0.2, 0.25) is 0 Å². The second kappa shape index (κ2) is 17.3. The number of ether oxygens (including phenoxy) is 4. The van der Waals surface area contributed by atoms with Crippen LogP contribution in [0.3, 0.4) is 0 Å². The van der Waals surface area contributed by atoms with E-state index in [0.29, 0.717) is 78.8 Å². The van der Waals surface area contributed by atoms with E-state index in [9.17, 15) is 0 Å². The van der Waals surface area contributed by atoms with Gasteiger partial charge in [-0.3, -0.25) is 0 Å². The van der Waals surface area contributed by atoms with Crippen molar-refractivity contribution >= 4 is 57.7 Å². The van der Waals surface area contributed by atoms with Gasteiger partial charge in [-0.25, -0.2) is 0 Å². The van der Waals surface area contributed by atoms with Gasteiger partial charge in [-0.2, -0.15) is 0 Å². The molecular formula is C48H36Cl2N4O4S. The van der Waals surface area contributed by atoms with Crippen molar-refractivity contribution in [1.82, 2.24) is 0 Å². The molecule has 8 rings (SSSR count). The van der Waals surface area contributed by atoms with Crippen molar-refractivity contribution in [1.29, 1.82) is 0 Å². The fourth-order valence-corrected chi connectivity index (χ4v) is 7.48. The Morgan fingerprint density at radius 1 is 0.322 bits per heavy atom. The molecule has 8 nitrogen and oxygen atoms in total. The first-order valence-electron chi connectivity index (χ1n) is 18.3. The molecule has 0 heterocycles. The Labute approximate surface area is 355 Å². The van der Waals surface area contributed by atoms with Crippen LogP contribution in [0.25, 0.3) is 22.3 Å². The van der Waals surface area contributed by atoms with Gasteiger partial charge < -0.3 is 41.9 Å². The second-order valence-electron chi connectivity index (χ2n) is 13.4. The van der Waals surface area contributed by atoms with E-state index < -0.39 is 0 Å². The Balaban J connectivity index is 1.16. The first-order valence-corrected chi connectivity index (χ1v) is 19.9. The lowest BCUT2D eigenvalue weighted by Gasteiger charge is -2.17. The van der Waals surface area contributed by atoms with E-state index in [1.165, 1.54) is 0 Å². The lowest BCUT2D eigenvalue weighted by atomic mass is 10.0. The molecule has 0 bridgehead atoms. The lowest BCUT2D eigenvalue weighted by molar-refractivity contribution is 0.482. The van der Waals surface area contributed by atoms with E-state index in [4.69, 9.17) is 65.1 Å². The van der Waals surface area contributed by atoms with E-state index in [2.05, 4.69) is 0 Å². The molecule has 59 heavy (non-hydrogen) atoms. The SMILES string of the molecule is Nc1ccc(Oc2ccc(-c3cc(Oc4ccc(N)c(Cl)c4)ccc3Sc3ccc(Oc4ccc(N)c(Cl)c4)cc3-c3ccc(Oc4ccc(N)cc4)cc3)cc2)cc1. The highest BCUT2D eigenvalue weighted by Gasteiger charge is 2.16. The van der Waals surface area contributed by atoms with Crippen LogP contribution < -0.4 is 41.9 Å². The zero-order valence-electron chi connectivity index (χ0n) is 31.3. The molecule has 0 amide bonds. The van der Waals surface area contributed by atoms with Gasteiger partial charge in [0.15, 0.2) is 0 Å². The largest absolute Gasteiger partial charge is 0.457 e. The minimum absolute atomic E-state index is 0.413. The summed E-state index contributed by atoms with van der Waals surface area (Å²) in [7, 11) is 0. The zero-order valence-corrected chi connectivity index (χ0v) is 33.6. The normalized spacial score (nSPS) is 10.9. The van der Waals surface area contributed by atoms with Crippen molar-refractivity contribution in [2.24, 2.45) is 0 Å². The molecule has 0 saturated carbocycles. The molecule has 8 aromatic carbocycles. The minimum Gasteiger partial charge on any atom is -0.457 e. The third-order valence-electron chi connectivity index (χ3n) is 9.10. The summed E-state index contributed by atoms with van der Waals surface area (Å²) in [6.07, 6.45) is 0. The molecule has 0 atom stereocenters. The number of benzene rings is 8. The first kappa shape index (κ1) is 38.9. The maximum atomic E-state index is 6.33. The van der Waals surface area contributed by atoms with E-state index >= 15 is 0 Å². The summed E-state index contributed by atoms with van der Waals surface area (Å²) in [4.78, 5) is 1.95. The maximum Gasteiger partial charge on any atom is 0.129 e. The van der Waals surface area contributed by atoms with Crippen LogP contribution in [0.4, 0.5) is 22.7 Å². The predicted molar refractivity (Wildman–Crippen MR) is 242 cm³/mol. The number of rotatable bonds is 12. The van der Waals surface area contributed by atoms with E-state index in [1.54, 1.807) is 72.4 Å². The highest BCUT2D eigenvalue weighted by molar-refractivity contribution is 7.99. The molecular weight excluding hydrogens is 800 g/mol. The van der Waals surface area contributed by atoms with Crippen LogP contribution in [-0.4, -0.2) is 0 Å². The van der Waals surface area contributed by atoms with Gasteiger partial charge in [-0.15, -0.1) is 0 Å². The van der Waals surface area contributed by atoms with Gasteiger partial charge in [-0.1, -0.05) is 59.2 Å². The van der Waals surface area contributed by atoms with Crippen molar-refractivity contribution in [3.63, 3.8) is 0 Å². The summed E-state index contributed by atoms with van der Waals surface area (Å²) >= 11 is 14.3. The van der Waals surface area contributed by atoms with E-state index in [0.717, 1.165) is 32.0 Å². The summed E-state index contributed by atoms with van der Waals surface area (Å²) in [5.74, 6) is 5.10. The lowest BCUT2D eigenvalue weighted by Crippen LogP contribution is -1.92. The molecule has 0 unspecified atom stereocenters. The van der Waals surface area contributed by atoms with Gasteiger partial charge in [-0.05, 0) is 156 Å². The average molecular weight is 836 g/mol. The number of nitrogens with two attached hydrogens (primary N) is 4. The Hall–Kier alpha value is -6.91. The Morgan fingerprint density at radius 2 is 0.610 bits per heavy atom. The quantitative estimate of drug-likeness (QED) is 0.0885. The Kier molecular flexibility index (Phi) is 11.4. The summed E-state index contributed by atoms with van der Waals surface area (Å²) in [5, 5.41) is 0.826. The average Bonchev–Trinajstić information content (AvgIpc) is 3.24. The summed E-state index contributed by atoms with van der Waals surface area (Å²) < 4.78 is 24.8. The molecule has 8 aromatic rings. The molecule has 0 aromatic heterocycles. The van der Waals surface area contributed by atoms with Crippen molar-refractivity contribution < 1.29 is 18.9 Å². The number of hydrogen-bond acceptors (Lipinski definition) is 9. The number of halogens is 2. The van der Waals surface area contributed by atoms with Crippen molar-refractivity contribution in [2.75, 3.05) is 22.9 Å². The van der Waals surface area contributed by atoms with Crippen LogP contribution in [0, 0.1) is 0 Å². The van der Waals surface area contributed by atoms with Crippen LogP contribution in [0.15, 0.2) is 180 Å². The third kappa shape index (κ3) is 9.63. The van der Waals surface area contributed by atoms with Crippen LogP contribution in [0.5, 0.6) is 46.0 Å². The topological polar surface area (TPSA) is 141 Å². The second-order valence-corrected chi connectivity index (χ2v) is 15.3. The minimum atomic E-state index is 0.413.